The van der Waals surface area contributed by atoms with Crippen LogP contribution in [0.15, 0.2) is 73.6 Å². The number of hydrogen-bond donors (Lipinski definition) is 1. The van der Waals surface area contributed by atoms with Crippen molar-refractivity contribution in [1.82, 2.24) is 9.97 Å². The smallest absolute Gasteiger partial charge is 0.343 e. The van der Waals surface area contributed by atoms with Crippen LogP contribution in [0.5, 0.6) is 5.75 Å². The number of carbonyl (C=O) groups is 1. The van der Waals surface area contributed by atoms with Gasteiger partial charge in [0, 0.05) is 34.1 Å². The normalized spacial score (nSPS) is 11.3. The Balaban J connectivity index is 1.63. The van der Waals surface area contributed by atoms with E-state index in [1.54, 1.807) is 12.1 Å². The molecule has 31 heavy (non-hydrogen) atoms. The van der Waals surface area contributed by atoms with Crippen LogP contribution in [0.3, 0.4) is 0 Å². The molecule has 3 aromatic carbocycles. The summed E-state index contributed by atoms with van der Waals surface area (Å²) >= 11 is 0. The third-order valence-electron chi connectivity index (χ3n) is 5.96. The van der Waals surface area contributed by atoms with E-state index in [0.717, 1.165) is 38.3 Å². The molecule has 0 radical (unpaired) electrons. The molecule has 0 atom stereocenters. The Bertz CT molecular complexity index is 1490. The number of benzene rings is 3. The molecule has 2 aromatic heterocycles. The number of hydrogen-bond acceptors (Lipinski definition) is 3. The zero-order valence-corrected chi connectivity index (χ0v) is 17.5. The molecule has 1 N–H and O–H groups in total. The minimum Gasteiger partial charge on any atom is -0.423 e. The third kappa shape index (κ3) is 3.08. The Morgan fingerprint density at radius 1 is 1.06 bits per heavy atom. The fourth-order valence-corrected chi connectivity index (χ4v) is 4.41. The van der Waals surface area contributed by atoms with Gasteiger partial charge < -0.3 is 9.72 Å². The molecule has 4 nitrogen and oxygen atoms in total. The number of aromatic nitrogens is 2. The molecule has 0 saturated heterocycles. The molecule has 5 rings (SSSR count). The molecule has 5 aromatic rings. The number of nitrogens with zero attached hydrogens (tertiary/aromatic N) is 1. The van der Waals surface area contributed by atoms with E-state index < -0.39 is 0 Å². The number of nitrogens with one attached hydrogen (secondary N) is 1. The summed E-state index contributed by atoms with van der Waals surface area (Å²) in [7, 11) is 0. The minimum absolute atomic E-state index is 0.362. The standard InChI is InChI=1S/C27H22N2O2/c1-4-7-18-8-5-6-9-21(18)27(30)31-19-10-11-24-22(14-19)25-16(2)23-15-28-13-12-20(23)17(3)26(25)29-24/h4-6,8-15,29H,1,7H2,2-3H3. The largest absolute Gasteiger partial charge is 0.423 e. The summed E-state index contributed by atoms with van der Waals surface area (Å²) < 4.78 is 5.77. The van der Waals surface area contributed by atoms with Gasteiger partial charge in [0.1, 0.15) is 5.75 Å². The van der Waals surface area contributed by atoms with E-state index in [2.05, 4.69) is 36.5 Å². The van der Waals surface area contributed by atoms with Crippen molar-refractivity contribution in [2.75, 3.05) is 0 Å². The van der Waals surface area contributed by atoms with Crippen molar-refractivity contribution in [1.29, 1.82) is 0 Å². The summed E-state index contributed by atoms with van der Waals surface area (Å²) in [6.07, 6.45) is 6.14. The molecule has 0 bridgehead atoms. The second kappa shape index (κ2) is 7.40. The van der Waals surface area contributed by atoms with Crippen molar-refractivity contribution in [3.05, 3.63) is 95.8 Å². The van der Waals surface area contributed by atoms with E-state index in [0.29, 0.717) is 17.7 Å². The number of H-pyrrole nitrogens is 1. The zero-order valence-electron chi connectivity index (χ0n) is 17.5. The molecule has 0 unspecified atom stereocenters. The lowest BCUT2D eigenvalue weighted by Gasteiger charge is -2.09. The molecular weight excluding hydrogens is 384 g/mol. The second-order valence-electron chi connectivity index (χ2n) is 7.79. The summed E-state index contributed by atoms with van der Waals surface area (Å²) in [4.78, 5) is 20.7. The number of allylic oxidation sites excluding steroid dienone is 1. The Morgan fingerprint density at radius 3 is 2.74 bits per heavy atom. The van der Waals surface area contributed by atoms with E-state index in [9.17, 15) is 4.79 Å². The highest BCUT2D eigenvalue weighted by atomic mass is 16.5. The van der Waals surface area contributed by atoms with Gasteiger partial charge in [0.25, 0.3) is 0 Å². The molecule has 0 aliphatic carbocycles. The van der Waals surface area contributed by atoms with Crippen molar-refractivity contribution >= 4 is 38.5 Å². The third-order valence-corrected chi connectivity index (χ3v) is 5.96. The predicted octanol–water partition coefficient (Wildman–Crippen LogP) is 6.43. The van der Waals surface area contributed by atoms with E-state index in [1.165, 1.54) is 10.9 Å². The molecule has 152 valence electrons. The highest BCUT2D eigenvalue weighted by Gasteiger charge is 2.17. The van der Waals surface area contributed by atoms with Crippen LogP contribution in [0.4, 0.5) is 0 Å². The number of esters is 1. The average Bonchev–Trinajstić information content (AvgIpc) is 3.17. The maximum atomic E-state index is 12.9. The maximum Gasteiger partial charge on any atom is 0.343 e. The first-order valence-electron chi connectivity index (χ1n) is 10.3. The average molecular weight is 406 g/mol. The Labute approximate surface area is 180 Å². The lowest BCUT2D eigenvalue weighted by molar-refractivity contribution is 0.0734. The van der Waals surface area contributed by atoms with Crippen molar-refractivity contribution in [2.45, 2.75) is 20.3 Å². The molecule has 0 fully saturated rings. The van der Waals surface area contributed by atoms with Crippen LogP contribution < -0.4 is 4.74 Å². The Kier molecular flexibility index (Phi) is 4.55. The van der Waals surface area contributed by atoms with Gasteiger partial charge in [0.15, 0.2) is 0 Å². The number of aryl methyl sites for hydroxylation is 2. The molecule has 2 heterocycles. The monoisotopic (exact) mass is 406 g/mol. The molecule has 0 aliphatic heterocycles. The predicted molar refractivity (Wildman–Crippen MR) is 126 cm³/mol. The molecule has 0 spiro atoms. The van der Waals surface area contributed by atoms with Gasteiger partial charge >= 0.3 is 5.97 Å². The first-order chi connectivity index (χ1) is 15.1. The van der Waals surface area contributed by atoms with E-state index in [1.807, 2.05) is 48.8 Å². The van der Waals surface area contributed by atoms with E-state index in [4.69, 9.17) is 4.74 Å². The second-order valence-corrected chi connectivity index (χ2v) is 7.79. The quantitative estimate of drug-likeness (QED) is 0.212. The summed E-state index contributed by atoms with van der Waals surface area (Å²) in [6, 6.07) is 15.3. The van der Waals surface area contributed by atoms with Crippen LogP contribution in [-0.4, -0.2) is 15.9 Å². The van der Waals surface area contributed by atoms with Gasteiger partial charge in [-0.05, 0) is 72.7 Å². The molecule has 0 amide bonds. The number of pyridine rings is 1. The van der Waals surface area contributed by atoms with Gasteiger partial charge in [-0.25, -0.2) is 4.79 Å². The maximum absolute atomic E-state index is 12.9. The molecule has 0 saturated carbocycles. The van der Waals surface area contributed by atoms with Gasteiger partial charge in [0.05, 0.1) is 11.1 Å². The van der Waals surface area contributed by atoms with E-state index in [-0.39, 0.29) is 5.97 Å². The highest BCUT2D eigenvalue weighted by Crippen LogP contribution is 2.37. The highest BCUT2D eigenvalue weighted by molar-refractivity contribution is 6.16. The minimum atomic E-state index is -0.362. The van der Waals surface area contributed by atoms with Gasteiger partial charge in [0.2, 0.25) is 0 Å². The summed E-state index contributed by atoms with van der Waals surface area (Å²) in [5.41, 5.74) is 5.93. The summed E-state index contributed by atoms with van der Waals surface area (Å²) in [5.74, 6) is 0.161. The van der Waals surface area contributed by atoms with Crippen LogP contribution in [0.1, 0.15) is 27.0 Å². The summed E-state index contributed by atoms with van der Waals surface area (Å²) in [5, 5.41) is 4.50. The molecule has 4 heteroatoms. The van der Waals surface area contributed by atoms with Crippen LogP contribution >= 0.6 is 0 Å². The van der Waals surface area contributed by atoms with E-state index >= 15 is 0 Å². The number of ether oxygens (including phenoxy) is 1. The van der Waals surface area contributed by atoms with Crippen LogP contribution in [0.2, 0.25) is 0 Å². The number of rotatable bonds is 4. The Hall–Kier alpha value is -3.92. The zero-order chi connectivity index (χ0) is 21.5. The number of carbonyl (C=O) groups excluding carboxylic acids is 1. The fraction of sp³-hybridized carbons (Fsp3) is 0.111. The van der Waals surface area contributed by atoms with Gasteiger partial charge in [-0.2, -0.15) is 0 Å². The lowest BCUT2D eigenvalue weighted by atomic mass is 9.97. The van der Waals surface area contributed by atoms with Crippen molar-refractivity contribution in [2.24, 2.45) is 0 Å². The topological polar surface area (TPSA) is 55.0 Å². The number of fused-ring (bicyclic) bond motifs is 4. The lowest BCUT2D eigenvalue weighted by Crippen LogP contribution is -2.11. The van der Waals surface area contributed by atoms with Crippen LogP contribution in [0, 0.1) is 13.8 Å². The fourth-order valence-electron chi connectivity index (χ4n) is 4.41. The van der Waals surface area contributed by atoms with Crippen molar-refractivity contribution in [3.8, 4) is 5.75 Å². The number of aromatic amines is 1. The molecule has 0 aliphatic rings. The van der Waals surface area contributed by atoms with Crippen LogP contribution in [0.25, 0.3) is 32.6 Å². The Morgan fingerprint density at radius 2 is 1.90 bits per heavy atom. The van der Waals surface area contributed by atoms with Crippen molar-refractivity contribution < 1.29 is 9.53 Å². The van der Waals surface area contributed by atoms with Crippen LogP contribution in [-0.2, 0) is 6.42 Å². The summed E-state index contributed by atoms with van der Waals surface area (Å²) in [6.45, 7) is 8.01. The van der Waals surface area contributed by atoms with Gasteiger partial charge in [-0.15, -0.1) is 6.58 Å². The van der Waals surface area contributed by atoms with Gasteiger partial charge in [-0.1, -0.05) is 24.3 Å². The SMILES string of the molecule is C=CCc1ccccc1C(=O)Oc1ccc2[nH]c3c(C)c4ccncc4c(C)c3c2c1. The first kappa shape index (κ1) is 19.1. The first-order valence-corrected chi connectivity index (χ1v) is 10.3. The van der Waals surface area contributed by atoms with Gasteiger partial charge in [-0.3, -0.25) is 4.98 Å². The molecular formula is C27H22N2O2. The van der Waals surface area contributed by atoms with Crippen molar-refractivity contribution in [3.63, 3.8) is 0 Å².